The lowest BCUT2D eigenvalue weighted by Gasteiger charge is -2.36. The molecule has 35 heavy (non-hydrogen) atoms. The first kappa shape index (κ1) is 24.9. The van der Waals surface area contributed by atoms with Crippen molar-refractivity contribution in [1.29, 1.82) is 0 Å². The fraction of sp³-hybridized carbons (Fsp3) is 0.357. The summed E-state index contributed by atoms with van der Waals surface area (Å²) in [6, 6.07) is 16.6. The lowest BCUT2D eigenvalue weighted by molar-refractivity contribution is -0.138. The third kappa shape index (κ3) is 4.93. The van der Waals surface area contributed by atoms with Crippen molar-refractivity contribution in [3.8, 4) is 5.75 Å². The van der Waals surface area contributed by atoms with Crippen LogP contribution in [0.4, 0.5) is 0 Å². The molecule has 0 unspecified atom stereocenters. The highest BCUT2D eigenvalue weighted by molar-refractivity contribution is 6.05. The van der Waals surface area contributed by atoms with Crippen LogP contribution < -0.4 is 0 Å². The second kappa shape index (κ2) is 10.6. The number of likely N-dealkylation sites (tertiary alicyclic amines) is 1. The SMILES string of the molecule is CN1C(=O)[C@@H]2[C@@H](CC(CO)=C([C@H](O)CC/C(=C/c3cccc(O)c3)c3ccccc3)[C@@H]2CO)C1=O. The molecule has 2 aliphatic rings. The number of aromatic hydroxyl groups is 1. The van der Waals surface area contributed by atoms with Crippen LogP contribution in [-0.4, -0.2) is 63.5 Å². The lowest BCUT2D eigenvalue weighted by Crippen LogP contribution is -2.39. The maximum atomic E-state index is 12.8. The van der Waals surface area contributed by atoms with Gasteiger partial charge in [0, 0.05) is 13.0 Å². The van der Waals surface area contributed by atoms with Gasteiger partial charge in [-0.25, -0.2) is 0 Å². The van der Waals surface area contributed by atoms with Crippen LogP contribution in [0, 0.1) is 17.8 Å². The molecule has 0 bridgehead atoms. The van der Waals surface area contributed by atoms with Gasteiger partial charge < -0.3 is 20.4 Å². The zero-order valence-corrected chi connectivity index (χ0v) is 19.7. The van der Waals surface area contributed by atoms with Crippen molar-refractivity contribution in [3.05, 3.63) is 76.9 Å². The van der Waals surface area contributed by atoms with E-state index in [2.05, 4.69) is 0 Å². The molecular weight excluding hydrogens is 446 g/mol. The number of carbonyl (C=O) groups is 2. The molecule has 2 aromatic carbocycles. The van der Waals surface area contributed by atoms with E-state index in [0.717, 1.165) is 21.6 Å². The van der Waals surface area contributed by atoms with Gasteiger partial charge in [0.1, 0.15) is 5.75 Å². The number of fused-ring (bicyclic) bond motifs is 1. The Bertz CT molecular complexity index is 1160. The summed E-state index contributed by atoms with van der Waals surface area (Å²) in [5.74, 6) is -2.57. The average molecular weight is 478 g/mol. The number of hydrogen-bond acceptors (Lipinski definition) is 6. The smallest absolute Gasteiger partial charge is 0.233 e. The van der Waals surface area contributed by atoms with Crippen LogP contribution in [-0.2, 0) is 9.59 Å². The van der Waals surface area contributed by atoms with E-state index in [1.165, 1.54) is 7.05 Å². The number of aliphatic hydroxyl groups excluding tert-OH is 3. The Labute approximate surface area is 204 Å². The van der Waals surface area contributed by atoms with Gasteiger partial charge in [0.05, 0.1) is 31.2 Å². The molecule has 2 amide bonds. The van der Waals surface area contributed by atoms with Crippen molar-refractivity contribution in [3.63, 3.8) is 0 Å². The number of aliphatic hydroxyl groups is 3. The lowest BCUT2D eigenvalue weighted by atomic mass is 9.68. The largest absolute Gasteiger partial charge is 0.508 e. The molecule has 0 saturated carbocycles. The standard InChI is InChI=1S/C28H31NO6/c1-29-27(34)22-14-20(15-30)25(23(16-31)26(22)28(29)35)24(33)11-10-19(18-7-3-2-4-8-18)12-17-6-5-9-21(32)13-17/h2-9,12-13,22-24,26,30-33H,10-11,14-16H2,1H3/b19-12-/t22-,23+,24-,26-/m1/s1. The number of phenolic OH excluding ortho intramolecular Hbond substituents is 1. The maximum Gasteiger partial charge on any atom is 0.233 e. The molecule has 7 nitrogen and oxygen atoms in total. The van der Waals surface area contributed by atoms with Gasteiger partial charge in [0.15, 0.2) is 0 Å². The van der Waals surface area contributed by atoms with Gasteiger partial charge in [0.25, 0.3) is 0 Å². The molecule has 2 aromatic rings. The quantitative estimate of drug-likeness (QED) is 0.264. The van der Waals surface area contributed by atoms with E-state index in [9.17, 15) is 30.0 Å². The summed E-state index contributed by atoms with van der Waals surface area (Å²) < 4.78 is 0. The highest BCUT2D eigenvalue weighted by Gasteiger charge is 2.53. The van der Waals surface area contributed by atoms with Crippen LogP contribution in [0.25, 0.3) is 11.6 Å². The zero-order valence-electron chi connectivity index (χ0n) is 19.7. The average Bonchev–Trinajstić information content (AvgIpc) is 3.09. The molecule has 0 spiro atoms. The van der Waals surface area contributed by atoms with E-state index in [-0.39, 0.29) is 30.6 Å². The molecule has 4 rings (SSSR count). The highest BCUT2D eigenvalue weighted by Crippen LogP contribution is 2.45. The molecule has 4 atom stereocenters. The molecule has 1 saturated heterocycles. The van der Waals surface area contributed by atoms with E-state index < -0.39 is 30.5 Å². The van der Waals surface area contributed by atoms with E-state index in [1.54, 1.807) is 18.2 Å². The normalized spacial score (nSPS) is 23.6. The second-order valence-electron chi connectivity index (χ2n) is 9.26. The van der Waals surface area contributed by atoms with Crippen molar-refractivity contribution in [1.82, 2.24) is 4.90 Å². The molecule has 1 aliphatic heterocycles. The number of amides is 2. The van der Waals surface area contributed by atoms with Crippen molar-refractivity contribution in [2.75, 3.05) is 20.3 Å². The minimum atomic E-state index is -1.000. The molecule has 0 radical (unpaired) electrons. The zero-order chi connectivity index (χ0) is 25.1. The summed E-state index contributed by atoms with van der Waals surface area (Å²) in [5, 5.41) is 41.4. The molecule has 1 aliphatic carbocycles. The Balaban J connectivity index is 1.62. The van der Waals surface area contributed by atoms with Gasteiger partial charge in [-0.05, 0) is 59.2 Å². The fourth-order valence-electron chi connectivity index (χ4n) is 5.48. The van der Waals surface area contributed by atoms with E-state index >= 15 is 0 Å². The van der Waals surface area contributed by atoms with Gasteiger partial charge >= 0.3 is 0 Å². The third-order valence-corrected chi connectivity index (χ3v) is 7.19. The minimum Gasteiger partial charge on any atom is -0.508 e. The van der Waals surface area contributed by atoms with Crippen LogP contribution in [0.2, 0.25) is 0 Å². The van der Waals surface area contributed by atoms with Crippen LogP contribution in [0.5, 0.6) is 5.75 Å². The van der Waals surface area contributed by atoms with Gasteiger partial charge in [-0.15, -0.1) is 0 Å². The maximum absolute atomic E-state index is 12.8. The number of hydrogen-bond donors (Lipinski definition) is 4. The van der Waals surface area contributed by atoms with Crippen LogP contribution in [0.3, 0.4) is 0 Å². The predicted octanol–water partition coefficient (Wildman–Crippen LogP) is 2.61. The Kier molecular flexibility index (Phi) is 7.50. The third-order valence-electron chi connectivity index (χ3n) is 7.19. The number of phenols is 1. The summed E-state index contributed by atoms with van der Waals surface area (Å²) in [6.07, 6.45) is 1.92. The Morgan fingerprint density at radius 3 is 2.49 bits per heavy atom. The van der Waals surface area contributed by atoms with E-state index in [4.69, 9.17) is 0 Å². The highest BCUT2D eigenvalue weighted by atomic mass is 16.3. The van der Waals surface area contributed by atoms with Gasteiger partial charge in [-0.3, -0.25) is 14.5 Å². The molecule has 0 aromatic heterocycles. The number of rotatable bonds is 8. The number of carbonyl (C=O) groups excluding carboxylic acids is 2. The second-order valence-corrected chi connectivity index (χ2v) is 9.26. The van der Waals surface area contributed by atoms with Crippen molar-refractivity contribution in [2.45, 2.75) is 25.4 Å². The summed E-state index contributed by atoms with van der Waals surface area (Å²) in [6.45, 7) is -0.740. The summed E-state index contributed by atoms with van der Waals surface area (Å²) in [4.78, 5) is 26.4. The van der Waals surface area contributed by atoms with Crippen molar-refractivity contribution >= 4 is 23.5 Å². The first-order valence-electron chi connectivity index (χ1n) is 11.8. The summed E-state index contributed by atoms with van der Waals surface area (Å²) >= 11 is 0. The predicted molar refractivity (Wildman–Crippen MR) is 132 cm³/mol. The van der Waals surface area contributed by atoms with Crippen molar-refractivity contribution < 1.29 is 30.0 Å². The van der Waals surface area contributed by atoms with Crippen LogP contribution >= 0.6 is 0 Å². The van der Waals surface area contributed by atoms with Gasteiger partial charge in [-0.2, -0.15) is 0 Å². The van der Waals surface area contributed by atoms with Crippen LogP contribution in [0.1, 0.15) is 30.4 Å². The summed E-state index contributed by atoms with van der Waals surface area (Å²) in [7, 11) is 1.43. The summed E-state index contributed by atoms with van der Waals surface area (Å²) in [5.41, 5.74) is 3.73. The molecule has 7 heteroatoms. The molecule has 1 heterocycles. The number of allylic oxidation sites excluding steroid dienone is 1. The van der Waals surface area contributed by atoms with Gasteiger partial charge in [-0.1, -0.05) is 48.5 Å². The van der Waals surface area contributed by atoms with Crippen LogP contribution in [0.15, 0.2) is 65.7 Å². The minimum absolute atomic E-state index is 0.159. The fourth-order valence-corrected chi connectivity index (χ4v) is 5.48. The van der Waals surface area contributed by atoms with E-state index in [0.29, 0.717) is 24.0 Å². The van der Waals surface area contributed by atoms with Gasteiger partial charge in [0.2, 0.25) is 11.8 Å². The van der Waals surface area contributed by atoms with Crippen molar-refractivity contribution in [2.24, 2.45) is 17.8 Å². The molecule has 1 fully saturated rings. The first-order chi connectivity index (χ1) is 16.8. The molecule has 184 valence electrons. The monoisotopic (exact) mass is 477 g/mol. The Morgan fingerprint density at radius 2 is 1.83 bits per heavy atom. The first-order valence-corrected chi connectivity index (χ1v) is 11.8. The van der Waals surface area contributed by atoms with E-state index in [1.807, 2.05) is 42.5 Å². The molecule has 4 N–H and O–H groups in total. The Morgan fingerprint density at radius 1 is 1.09 bits per heavy atom. The number of nitrogens with zero attached hydrogens (tertiary/aromatic N) is 1. The molecular formula is C28H31NO6. The number of imide groups is 1. The Hall–Kier alpha value is -3.26. The number of benzene rings is 2. The topological polar surface area (TPSA) is 118 Å².